The zero-order chi connectivity index (χ0) is 14.4. The first-order valence-electron chi connectivity index (χ1n) is 5.77. The summed E-state index contributed by atoms with van der Waals surface area (Å²) in [4.78, 5) is 21.4. The Morgan fingerprint density at radius 1 is 1.30 bits per heavy atom. The number of nitro benzene ring substituents is 1. The molecule has 0 saturated heterocycles. The smallest absolute Gasteiger partial charge is 0.331 e. The Balaban J connectivity index is 1.85. The third kappa shape index (κ3) is 3.81. The summed E-state index contributed by atoms with van der Waals surface area (Å²) >= 11 is 0. The molecule has 1 aromatic heterocycles. The molecule has 2 rings (SSSR count). The minimum Gasteiger partial charge on any atom is -0.465 e. The maximum atomic E-state index is 11.4. The van der Waals surface area contributed by atoms with Crippen LogP contribution in [0.25, 0.3) is 6.08 Å². The molecule has 102 valence electrons. The molecule has 1 heterocycles. The number of hydrogen-bond acceptors (Lipinski definition) is 5. The van der Waals surface area contributed by atoms with E-state index in [9.17, 15) is 14.9 Å². The maximum absolute atomic E-state index is 11.4. The molecule has 20 heavy (non-hydrogen) atoms. The van der Waals surface area contributed by atoms with Gasteiger partial charge in [-0.3, -0.25) is 10.1 Å². The lowest BCUT2D eigenvalue weighted by molar-refractivity contribution is -0.384. The van der Waals surface area contributed by atoms with Crippen molar-refractivity contribution >= 4 is 17.7 Å². The number of hydrogen-bond donors (Lipinski definition) is 0. The average molecular weight is 273 g/mol. The maximum Gasteiger partial charge on any atom is 0.331 e. The van der Waals surface area contributed by atoms with Gasteiger partial charge in [0.25, 0.3) is 5.69 Å². The summed E-state index contributed by atoms with van der Waals surface area (Å²) < 4.78 is 10.0. The van der Waals surface area contributed by atoms with Crippen molar-refractivity contribution < 1.29 is 18.9 Å². The van der Waals surface area contributed by atoms with E-state index in [-0.39, 0.29) is 12.3 Å². The normalized spacial score (nSPS) is 10.6. The summed E-state index contributed by atoms with van der Waals surface area (Å²) in [7, 11) is 0. The van der Waals surface area contributed by atoms with Crippen LogP contribution >= 0.6 is 0 Å². The van der Waals surface area contributed by atoms with E-state index in [1.54, 1.807) is 24.3 Å². The van der Waals surface area contributed by atoms with Crippen molar-refractivity contribution in [1.29, 1.82) is 0 Å². The molecule has 0 N–H and O–H groups in total. The lowest BCUT2D eigenvalue weighted by atomic mass is 10.2. The minimum absolute atomic E-state index is 0.00204. The fourth-order valence-corrected chi connectivity index (χ4v) is 1.45. The summed E-state index contributed by atoms with van der Waals surface area (Å²) in [5.74, 6) is 0.0389. The highest BCUT2D eigenvalue weighted by atomic mass is 16.6. The molecule has 6 heteroatoms. The van der Waals surface area contributed by atoms with Crippen LogP contribution in [0.15, 0.2) is 53.2 Å². The number of esters is 1. The monoisotopic (exact) mass is 273 g/mol. The van der Waals surface area contributed by atoms with Gasteiger partial charge in [0.2, 0.25) is 0 Å². The topological polar surface area (TPSA) is 82.6 Å². The van der Waals surface area contributed by atoms with E-state index >= 15 is 0 Å². The van der Waals surface area contributed by atoms with Crippen LogP contribution in [0, 0.1) is 10.1 Å². The van der Waals surface area contributed by atoms with Crippen LogP contribution < -0.4 is 0 Å². The van der Waals surface area contributed by atoms with Crippen molar-refractivity contribution in [1.82, 2.24) is 0 Å². The van der Waals surface area contributed by atoms with Crippen LogP contribution in [0.1, 0.15) is 11.3 Å². The number of non-ortho nitro benzene ring substituents is 1. The van der Waals surface area contributed by atoms with E-state index in [2.05, 4.69) is 0 Å². The second-order valence-corrected chi connectivity index (χ2v) is 3.88. The molecular weight excluding hydrogens is 262 g/mol. The van der Waals surface area contributed by atoms with Crippen LogP contribution in [0.4, 0.5) is 5.69 Å². The summed E-state index contributed by atoms with van der Waals surface area (Å²) in [5, 5.41) is 10.5. The molecule has 0 atom stereocenters. The van der Waals surface area contributed by atoms with Crippen molar-refractivity contribution in [2.75, 3.05) is 0 Å². The first kappa shape index (κ1) is 13.5. The largest absolute Gasteiger partial charge is 0.465 e. The lowest BCUT2D eigenvalue weighted by Gasteiger charge is -2.01. The average Bonchev–Trinajstić information content (AvgIpc) is 2.96. The van der Waals surface area contributed by atoms with E-state index in [1.807, 2.05) is 0 Å². The quantitative estimate of drug-likeness (QED) is 0.362. The Morgan fingerprint density at radius 3 is 2.65 bits per heavy atom. The molecule has 0 aliphatic carbocycles. The second-order valence-electron chi connectivity index (χ2n) is 3.88. The molecule has 0 aliphatic rings. The molecule has 0 aliphatic heterocycles. The zero-order valence-corrected chi connectivity index (χ0v) is 10.4. The predicted octanol–water partition coefficient (Wildman–Crippen LogP) is 2.94. The summed E-state index contributed by atoms with van der Waals surface area (Å²) in [6, 6.07) is 9.23. The Hall–Kier alpha value is -2.89. The minimum atomic E-state index is -0.514. The van der Waals surface area contributed by atoms with Gasteiger partial charge >= 0.3 is 5.97 Å². The van der Waals surface area contributed by atoms with Crippen LogP contribution in [-0.4, -0.2) is 10.9 Å². The van der Waals surface area contributed by atoms with Crippen molar-refractivity contribution in [3.05, 3.63) is 70.2 Å². The van der Waals surface area contributed by atoms with Crippen molar-refractivity contribution in [3.8, 4) is 0 Å². The number of furan rings is 1. The van der Waals surface area contributed by atoms with Gasteiger partial charge in [-0.15, -0.1) is 0 Å². The highest BCUT2D eigenvalue weighted by Crippen LogP contribution is 2.12. The van der Waals surface area contributed by atoms with Gasteiger partial charge in [-0.2, -0.15) is 0 Å². The molecule has 1 aromatic carbocycles. The van der Waals surface area contributed by atoms with E-state index in [1.165, 1.54) is 30.5 Å². The lowest BCUT2D eigenvalue weighted by Crippen LogP contribution is -2.00. The Kier molecular flexibility index (Phi) is 4.28. The summed E-state index contributed by atoms with van der Waals surface area (Å²) in [6.07, 6.45) is 4.25. The second kappa shape index (κ2) is 6.33. The number of nitrogens with zero attached hydrogens (tertiary/aromatic N) is 1. The number of nitro groups is 1. The predicted molar refractivity (Wildman–Crippen MR) is 70.6 cm³/mol. The molecule has 0 bridgehead atoms. The molecule has 0 fully saturated rings. The number of carbonyl (C=O) groups is 1. The van der Waals surface area contributed by atoms with Crippen LogP contribution in [0.3, 0.4) is 0 Å². The van der Waals surface area contributed by atoms with Gasteiger partial charge in [0.05, 0.1) is 11.2 Å². The molecule has 2 aromatic rings. The number of carbonyl (C=O) groups excluding carboxylic acids is 1. The standard InChI is InChI=1S/C14H11NO5/c16-14(8-7-13-2-1-9-19-13)20-10-11-3-5-12(6-4-11)15(17)18/h1-9H,10H2. The van der Waals surface area contributed by atoms with Crippen molar-refractivity contribution in [3.63, 3.8) is 0 Å². The van der Waals surface area contributed by atoms with Crippen LogP contribution in [0.2, 0.25) is 0 Å². The van der Waals surface area contributed by atoms with Gasteiger partial charge in [0.1, 0.15) is 12.4 Å². The van der Waals surface area contributed by atoms with Crippen molar-refractivity contribution in [2.45, 2.75) is 6.61 Å². The number of ether oxygens (including phenoxy) is 1. The molecular formula is C14H11NO5. The molecule has 0 saturated carbocycles. The highest BCUT2D eigenvalue weighted by Gasteiger charge is 2.05. The number of benzene rings is 1. The summed E-state index contributed by atoms with van der Waals surface area (Å²) in [5.41, 5.74) is 0.674. The fourth-order valence-electron chi connectivity index (χ4n) is 1.45. The van der Waals surface area contributed by atoms with Gasteiger partial charge in [-0.25, -0.2) is 4.79 Å². The third-order valence-electron chi connectivity index (χ3n) is 2.46. The van der Waals surface area contributed by atoms with Gasteiger partial charge in [-0.1, -0.05) is 0 Å². The van der Waals surface area contributed by atoms with Gasteiger partial charge < -0.3 is 9.15 Å². The van der Waals surface area contributed by atoms with Gasteiger partial charge in [0, 0.05) is 18.2 Å². The Morgan fingerprint density at radius 2 is 2.05 bits per heavy atom. The fraction of sp³-hybridized carbons (Fsp3) is 0.0714. The van der Waals surface area contributed by atoms with Gasteiger partial charge in [-0.05, 0) is 35.9 Å². The molecule has 0 spiro atoms. The van der Waals surface area contributed by atoms with E-state index in [0.717, 1.165) is 0 Å². The number of rotatable bonds is 5. The third-order valence-corrected chi connectivity index (χ3v) is 2.46. The molecule has 0 radical (unpaired) electrons. The Bertz CT molecular complexity index is 614. The SMILES string of the molecule is O=C(C=Cc1ccco1)OCc1ccc([N+](=O)[O-])cc1. The highest BCUT2D eigenvalue weighted by molar-refractivity contribution is 5.86. The molecule has 0 amide bonds. The van der Waals surface area contributed by atoms with E-state index < -0.39 is 10.9 Å². The first-order chi connectivity index (χ1) is 9.65. The van der Waals surface area contributed by atoms with Crippen LogP contribution in [0.5, 0.6) is 0 Å². The molecule has 0 unspecified atom stereocenters. The zero-order valence-electron chi connectivity index (χ0n) is 10.4. The first-order valence-corrected chi connectivity index (χ1v) is 5.77. The molecule has 6 nitrogen and oxygen atoms in total. The summed E-state index contributed by atoms with van der Waals surface area (Å²) in [6.45, 7) is 0.0549. The van der Waals surface area contributed by atoms with E-state index in [4.69, 9.17) is 9.15 Å². The van der Waals surface area contributed by atoms with Gasteiger partial charge in [0.15, 0.2) is 0 Å². The Labute approximate surface area is 114 Å². The van der Waals surface area contributed by atoms with Crippen molar-refractivity contribution in [2.24, 2.45) is 0 Å². The van der Waals surface area contributed by atoms with E-state index in [0.29, 0.717) is 11.3 Å². The van der Waals surface area contributed by atoms with Crippen LogP contribution in [-0.2, 0) is 16.1 Å².